The van der Waals surface area contributed by atoms with Gasteiger partial charge in [-0.25, -0.2) is 9.98 Å². The van der Waals surface area contributed by atoms with Gasteiger partial charge in [0.25, 0.3) is 0 Å². The van der Waals surface area contributed by atoms with Crippen molar-refractivity contribution in [1.29, 1.82) is 0 Å². The van der Waals surface area contributed by atoms with Crippen LogP contribution in [-0.2, 0) is 11.3 Å². The first-order valence-electron chi connectivity index (χ1n) is 11.8. The number of guanidine groups is 1. The molecule has 3 fully saturated rings. The zero-order chi connectivity index (χ0) is 20.8. The summed E-state index contributed by atoms with van der Waals surface area (Å²) in [5.41, 5.74) is 1.11. The lowest BCUT2D eigenvalue weighted by atomic mass is 10.1. The highest BCUT2D eigenvalue weighted by atomic mass is 127. The van der Waals surface area contributed by atoms with Gasteiger partial charge >= 0.3 is 0 Å². The number of carbonyl (C=O) groups is 1. The molecule has 0 bridgehead atoms. The lowest BCUT2D eigenvalue weighted by Crippen LogP contribution is -2.45. The normalized spacial score (nSPS) is 22.0. The highest BCUT2D eigenvalue weighted by Gasteiger charge is 2.32. The van der Waals surface area contributed by atoms with E-state index in [-0.39, 0.29) is 35.9 Å². The third kappa shape index (κ3) is 6.46. The van der Waals surface area contributed by atoms with E-state index in [0.717, 1.165) is 69.3 Å². The Balaban J connectivity index is 0.00000272. The number of likely N-dealkylation sites (tertiary alicyclic amines) is 1. The van der Waals surface area contributed by atoms with Crippen LogP contribution in [0.1, 0.15) is 57.4 Å². The average Bonchev–Trinajstić information content (AvgIpc) is 3.55. The molecule has 3 heterocycles. The van der Waals surface area contributed by atoms with E-state index in [0.29, 0.717) is 12.5 Å². The molecule has 1 unspecified atom stereocenters. The van der Waals surface area contributed by atoms with Crippen molar-refractivity contribution >= 4 is 41.7 Å². The van der Waals surface area contributed by atoms with Crippen molar-refractivity contribution in [3.8, 4) is 0 Å². The predicted octanol–water partition coefficient (Wildman–Crippen LogP) is 3.15. The Morgan fingerprint density at radius 2 is 1.90 bits per heavy atom. The van der Waals surface area contributed by atoms with Crippen LogP contribution < -0.4 is 15.5 Å². The molecular weight excluding hydrogens is 503 g/mol. The minimum absolute atomic E-state index is 0. The molecular formula is C23H37IN6O. The summed E-state index contributed by atoms with van der Waals surface area (Å²) in [6, 6.07) is 4.51. The molecule has 172 valence electrons. The SMILES string of the molecule is CCNC(=NCc1ccc(N2CCCC2)nc1)NC1CCN(C(=O)C2CCCC2)C1.I. The van der Waals surface area contributed by atoms with Crippen molar-refractivity contribution in [1.82, 2.24) is 20.5 Å². The summed E-state index contributed by atoms with van der Waals surface area (Å²) >= 11 is 0. The van der Waals surface area contributed by atoms with E-state index < -0.39 is 0 Å². The quantitative estimate of drug-likeness (QED) is 0.330. The van der Waals surface area contributed by atoms with Crippen LogP contribution in [-0.4, -0.2) is 60.5 Å². The molecule has 0 spiro atoms. The first-order chi connectivity index (χ1) is 14.7. The molecule has 2 aliphatic heterocycles. The first-order valence-corrected chi connectivity index (χ1v) is 11.8. The molecule has 0 aromatic carbocycles. The van der Waals surface area contributed by atoms with Crippen LogP contribution in [0.5, 0.6) is 0 Å². The maximum atomic E-state index is 12.7. The van der Waals surface area contributed by atoms with E-state index in [1.165, 1.54) is 25.7 Å². The van der Waals surface area contributed by atoms with Gasteiger partial charge in [-0.2, -0.15) is 0 Å². The number of halogens is 1. The number of hydrogen-bond acceptors (Lipinski definition) is 4. The maximum Gasteiger partial charge on any atom is 0.225 e. The molecule has 1 aromatic rings. The van der Waals surface area contributed by atoms with Crippen LogP contribution in [0.4, 0.5) is 5.82 Å². The molecule has 1 saturated carbocycles. The second kappa shape index (κ2) is 11.9. The van der Waals surface area contributed by atoms with Crippen molar-refractivity contribution in [3.63, 3.8) is 0 Å². The van der Waals surface area contributed by atoms with Crippen molar-refractivity contribution in [2.45, 2.75) is 64.5 Å². The second-order valence-corrected chi connectivity index (χ2v) is 8.81. The minimum atomic E-state index is 0. The van der Waals surface area contributed by atoms with Crippen molar-refractivity contribution in [2.75, 3.05) is 37.6 Å². The van der Waals surface area contributed by atoms with E-state index >= 15 is 0 Å². The van der Waals surface area contributed by atoms with Gasteiger partial charge in [0.05, 0.1) is 6.54 Å². The van der Waals surface area contributed by atoms with Gasteiger partial charge in [-0.1, -0.05) is 18.9 Å². The average molecular weight is 540 g/mol. The summed E-state index contributed by atoms with van der Waals surface area (Å²) < 4.78 is 0. The fourth-order valence-electron chi connectivity index (χ4n) is 4.84. The van der Waals surface area contributed by atoms with Gasteiger partial charge in [-0.05, 0) is 50.7 Å². The maximum absolute atomic E-state index is 12.7. The highest BCUT2D eigenvalue weighted by Crippen LogP contribution is 2.27. The number of aromatic nitrogens is 1. The van der Waals surface area contributed by atoms with E-state index in [4.69, 9.17) is 4.99 Å². The molecule has 3 aliphatic rings. The topological polar surface area (TPSA) is 72.9 Å². The molecule has 7 nitrogen and oxygen atoms in total. The summed E-state index contributed by atoms with van der Waals surface area (Å²) in [5.74, 6) is 2.52. The minimum Gasteiger partial charge on any atom is -0.357 e. The molecule has 1 aromatic heterocycles. The van der Waals surface area contributed by atoms with E-state index in [1.807, 2.05) is 6.20 Å². The highest BCUT2D eigenvalue weighted by molar-refractivity contribution is 14.0. The number of aliphatic imine (C=N–C) groups is 1. The molecule has 2 N–H and O–H groups in total. The summed E-state index contributed by atoms with van der Waals surface area (Å²) in [6.45, 7) is 7.35. The van der Waals surface area contributed by atoms with Crippen molar-refractivity contribution in [3.05, 3.63) is 23.9 Å². The Hall–Kier alpha value is -1.58. The van der Waals surface area contributed by atoms with Crippen LogP contribution in [0, 0.1) is 5.92 Å². The van der Waals surface area contributed by atoms with Crippen LogP contribution in [0.25, 0.3) is 0 Å². The number of hydrogen-bond donors (Lipinski definition) is 2. The fraction of sp³-hybridized carbons (Fsp3) is 0.696. The van der Waals surface area contributed by atoms with Crippen LogP contribution >= 0.6 is 24.0 Å². The van der Waals surface area contributed by atoms with E-state index in [9.17, 15) is 4.79 Å². The van der Waals surface area contributed by atoms with Gasteiger partial charge in [0.2, 0.25) is 5.91 Å². The smallest absolute Gasteiger partial charge is 0.225 e. The molecule has 8 heteroatoms. The standard InChI is InChI=1S/C23H36N6O.HI/c1-2-24-23(26-16-18-9-10-21(25-15-18)28-12-5-6-13-28)27-20-11-14-29(17-20)22(30)19-7-3-4-8-19;/h9-10,15,19-20H,2-8,11-14,16-17H2,1H3,(H2,24,26,27);1H. The Labute approximate surface area is 203 Å². The molecule has 0 radical (unpaired) electrons. The number of nitrogens with zero attached hydrogens (tertiary/aromatic N) is 4. The Morgan fingerprint density at radius 3 is 2.58 bits per heavy atom. The van der Waals surface area contributed by atoms with Crippen molar-refractivity contribution < 1.29 is 4.79 Å². The Bertz CT molecular complexity index is 728. The monoisotopic (exact) mass is 540 g/mol. The van der Waals surface area contributed by atoms with Crippen LogP contribution in [0.15, 0.2) is 23.3 Å². The summed E-state index contributed by atoms with van der Waals surface area (Å²) in [4.78, 5) is 26.5. The zero-order valence-corrected chi connectivity index (χ0v) is 21.0. The Kier molecular flexibility index (Phi) is 9.22. The largest absolute Gasteiger partial charge is 0.357 e. The zero-order valence-electron chi connectivity index (χ0n) is 18.7. The second-order valence-electron chi connectivity index (χ2n) is 8.81. The number of amides is 1. The number of nitrogens with one attached hydrogen (secondary N) is 2. The summed E-state index contributed by atoms with van der Waals surface area (Å²) in [6.07, 6.45) is 10.00. The van der Waals surface area contributed by atoms with Crippen LogP contribution in [0.2, 0.25) is 0 Å². The molecule has 31 heavy (non-hydrogen) atoms. The molecule has 4 rings (SSSR count). The number of pyridine rings is 1. The van der Waals surface area contributed by atoms with Gasteiger partial charge in [-0.15, -0.1) is 24.0 Å². The van der Waals surface area contributed by atoms with Crippen molar-refractivity contribution in [2.24, 2.45) is 10.9 Å². The summed E-state index contributed by atoms with van der Waals surface area (Å²) in [5, 5.41) is 6.88. The third-order valence-electron chi connectivity index (χ3n) is 6.55. The van der Waals surface area contributed by atoms with E-state index in [2.05, 4.69) is 44.5 Å². The first kappa shape index (κ1) is 24.1. The lowest BCUT2D eigenvalue weighted by Gasteiger charge is -2.21. The van der Waals surface area contributed by atoms with Gasteiger partial charge in [-0.3, -0.25) is 4.79 Å². The summed E-state index contributed by atoms with van der Waals surface area (Å²) in [7, 11) is 0. The van der Waals surface area contributed by atoms with Gasteiger partial charge in [0.15, 0.2) is 5.96 Å². The third-order valence-corrected chi connectivity index (χ3v) is 6.55. The fourth-order valence-corrected chi connectivity index (χ4v) is 4.84. The van der Waals surface area contributed by atoms with Gasteiger partial charge in [0, 0.05) is 50.9 Å². The Morgan fingerprint density at radius 1 is 1.13 bits per heavy atom. The van der Waals surface area contributed by atoms with Gasteiger partial charge < -0.3 is 20.4 Å². The lowest BCUT2D eigenvalue weighted by molar-refractivity contribution is -0.134. The number of carbonyl (C=O) groups excluding carboxylic acids is 1. The number of rotatable bonds is 6. The van der Waals surface area contributed by atoms with Crippen LogP contribution in [0.3, 0.4) is 0 Å². The molecule has 2 saturated heterocycles. The predicted molar refractivity (Wildman–Crippen MR) is 136 cm³/mol. The van der Waals surface area contributed by atoms with E-state index in [1.54, 1.807) is 0 Å². The molecule has 1 aliphatic carbocycles. The molecule has 1 amide bonds. The molecule has 1 atom stereocenters. The number of anilines is 1. The van der Waals surface area contributed by atoms with Gasteiger partial charge in [0.1, 0.15) is 5.82 Å².